The Morgan fingerprint density at radius 3 is 2.36 bits per heavy atom. The molecule has 0 fully saturated rings. The molecular weight excluding hydrogens is 144 g/mol. The topological polar surface area (TPSA) is 35.5 Å². The van der Waals surface area contributed by atoms with Crippen LogP contribution in [0.25, 0.3) is 0 Å². The molecule has 0 aromatic rings. The van der Waals surface area contributed by atoms with E-state index in [1.165, 1.54) is 0 Å². The minimum Gasteiger partial charge on any atom is -0.434 e. The van der Waals surface area contributed by atoms with Crippen molar-refractivity contribution in [2.24, 2.45) is 0 Å². The zero-order valence-corrected chi connectivity index (χ0v) is 7.35. The first kappa shape index (κ1) is 10.3. The number of ether oxygens (including phenoxy) is 2. The van der Waals surface area contributed by atoms with E-state index < -0.39 is 11.8 Å². The summed E-state index contributed by atoms with van der Waals surface area (Å²) in [5.74, 6) is 0. The molecule has 0 aromatic carbocycles. The van der Waals surface area contributed by atoms with Gasteiger partial charge in [0.05, 0.1) is 6.61 Å². The average Bonchev–Trinajstić information content (AvgIpc) is 1.79. The maximum absolute atomic E-state index is 10.7. The lowest BCUT2D eigenvalue weighted by molar-refractivity contribution is -0.00645. The van der Waals surface area contributed by atoms with E-state index >= 15 is 0 Å². The monoisotopic (exact) mass is 159 g/mol. The molecule has 0 aliphatic carbocycles. The van der Waals surface area contributed by atoms with Crippen LogP contribution in [0.3, 0.4) is 0 Å². The first-order chi connectivity index (χ1) is 4.95. The third-order valence-electron chi connectivity index (χ3n) is 0.754. The second-order valence-electron chi connectivity index (χ2n) is 3.17. The Morgan fingerprint density at radius 2 is 2.00 bits per heavy atom. The van der Waals surface area contributed by atoms with Gasteiger partial charge in [0.25, 0.3) is 0 Å². The van der Waals surface area contributed by atoms with Crippen molar-refractivity contribution in [3.8, 4) is 0 Å². The molecule has 0 amide bonds. The Labute approximate surface area is 67.7 Å². The highest BCUT2D eigenvalue weighted by Crippen LogP contribution is 2.07. The lowest BCUT2D eigenvalue weighted by Crippen LogP contribution is -2.24. The Bertz CT molecular complexity index is 124. The summed E-state index contributed by atoms with van der Waals surface area (Å²) in [6.07, 6.45) is -0.0552. The van der Waals surface area contributed by atoms with Crippen LogP contribution in [0.5, 0.6) is 0 Å². The Hall–Kier alpha value is -0.730. The minimum atomic E-state index is -0.624. The fourth-order valence-corrected chi connectivity index (χ4v) is 0.435. The summed E-state index contributed by atoms with van der Waals surface area (Å²) in [6.45, 7) is 9.21. The normalized spacial score (nSPS) is 10.9. The minimum absolute atomic E-state index is 0.314. The molecule has 0 bridgehead atoms. The highest BCUT2D eigenvalue weighted by Gasteiger charge is 2.16. The third kappa shape index (κ3) is 7.16. The summed E-state index contributed by atoms with van der Waals surface area (Å²) in [6, 6.07) is 0. The Balaban J connectivity index is 3.53. The molecule has 11 heavy (non-hydrogen) atoms. The molecule has 3 heteroatoms. The largest absolute Gasteiger partial charge is 0.508 e. The summed E-state index contributed by atoms with van der Waals surface area (Å²) in [7, 11) is 0. The van der Waals surface area contributed by atoms with E-state index in [-0.39, 0.29) is 0 Å². The van der Waals surface area contributed by atoms with E-state index in [1.54, 1.807) is 20.8 Å². The van der Waals surface area contributed by atoms with Crippen molar-refractivity contribution in [1.29, 1.82) is 0 Å². The highest BCUT2D eigenvalue weighted by atomic mass is 16.7. The molecule has 0 atom stereocenters. The van der Waals surface area contributed by atoms with E-state index in [4.69, 9.17) is 4.74 Å². The van der Waals surface area contributed by atoms with Crippen LogP contribution < -0.4 is 0 Å². The second-order valence-corrected chi connectivity index (χ2v) is 3.17. The van der Waals surface area contributed by atoms with Gasteiger partial charge < -0.3 is 9.47 Å². The third-order valence-corrected chi connectivity index (χ3v) is 0.754. The van der Waals surface area contributed by atoms with Gasteiger partial charge in [0.15, 0.2) is 0 Å². The van der Waals surface area contributed by atoms with Gasteiger partial charge in [-0.2, -0.15) is 0 Å². The first-order valence-electron chi connectivity index (χ1n) is 3.61. The van der Waals surface area contributed by atoms with Crippen LogP contribution in [-0.4, -0.2) is 18.4 Å². The predicted octanol–water partition coefficient (Wildman–Crippen LogP) is 2.16. The molecule has 1 radical (unpaired) electrons. The number of rotatable bonds is 2. The maximum Gasteiger partial charge on any atom is 0.508 e. The van der Waals surface area contributed by atoms with E-state index in [0.29, 0.717) is 13.0 Å². The van der Waals surface area contributed by atoms with Crippen LogP contribution in [0.2, 0.25) is 0 Å². The molecule has 65 valence electrons. The fraction of sp³-hybridized carbons (Fsp3) is 0.750. The van der Waals surface area contributed by atoms with Crippen LogP contribution >= 0.6 is 0 Å². The maximum atomic E-state index is 10.7. The van der Waals surface area contributed by atoms with Crippen molar-refractivity contribution in [2.75, 3.05) is 6.61 Å². The van der Waals surface area contributed by atoms with Gasteiger partial charge in [-0.25, -0.2) is 4.79 Å². The van der Waals surface area contributed by atoms with Crippen LogP contribution in [0, 0.1) is 6.92 Å². The molecule has 0 saturated carbocycles. The molecule has 3 nitrogen and oxygen atoms in total. The predicted molar refractivity (Wildman–Crippen MR) is 42.2 cm³/mol. The lowest BCUT2D eigenvalue weighted by Gasteiger charge is -2.18. The average molecular weight is 159 g/mol. The fourth-order valence-electron chi connectivity index (χ4n) is 0.435. The van der Waals surface area contributed by atoms with Crippen molar-refractivity contribution in [2.45, 2.75) is 32.8 Å². The van der Waals surface area contributed by atoms with Crippen LogP contribution in [0.4, 0.5) is 4.79 Å². The van der Waals surface area contributed by atoms with Crippen molar-refractivity contribution < 1.29 is 14.3 Å². The quantitative estimate of drug-likeness (QED) is 0.579. The van der Waals surface area contributed by atoms with Gasteiger partial charge in [-0.15, -0.1) is 0 Å². The van der Waals surface area contributed by atoms with Gasteiger partial charge >= 0.3 is 6.16 Å². The molecule has 0 aliphatic heterocycles. The van der Waals surface area contributed by atoms with E-state index in [2.05, 4.69) is 11.7 Å². The van der Waals surface area contributed by atoms with Crippen LogP contribution in [-0.2, 0) is 9.47 Å². The van der Waals surface area contributed by atoms with Crippen molar-refractivity contribution in [3.05, 3.63) is 6.92 Å². The van der Waals surface area contributed by atoms with Gasteiger partial charge in [0, 0.05) is 0 Å². The Morgan fingerprint density at radius 1 is 1.45 bits per heavy atom. The van der Waals surface area contributed by atoms with Gasteiger partial charge in [-0.3, -0.25) is 0 Å². The van der Waals surface area contributed by atoms with Crippen LogP contribution in [0.15, 0.2) is 0 Å². The van der Waals surface area contributed by atoms with E-state index in [9.17, 15) is 4.79 Å². The summed E-state index contributed by atoms with van der Waals surface area (Å²) in [5.41, 5.74) is -0.474. The highest BCUT2D eigenvalue weighted by molar-refractivity contribution is 5.60. The van der Waals surface area contributed by atoms with Crippen molar-refractivity contribution in [1.82, 2.24) is 0 Å². The van der Waals surface area contributed by atoms with Crippen LogP contribution in [0.1, 0.15) is 27.2 Å². The van der Waals surface area contributed by atoms with Gasteiger partial charge in [-0.05, 0) is 34.1 Å². The van der Waals surface area contributed by atoms with Crippen molar-refractivity contribution in [3.63, 3.8) is 0 Å². The number of hydrogen-bond acceptors (Lipinski definition) is 3. The first-order valence-corrected chi connectivity index (χ1v) is 3.61. The summed E-state index contributed by atoms with van der Waals surface area (Å²) < 4.78 is 9.49. The zero-order valence-electron chi connectivity index (χ0n) is 7.35. The number of carbonyl (C=O) groups is 1. The SMILES string of the molecule is [CH2]CCOC(=O)OC(C)(C)C. The van der Waals surface area contributed by atoms with Gasteiger partial charge in [-0.1, -0.05) is 0 Å². The lowest BCUT2D eigenvalue weighted by atomic mass is 10.2. The summed E-state index contributed by atoms with van der Waals surface area (Å²) in [4.78, 5) is 10.7. The molecule has 0 spiro atoms. The number of carbonyl (C=O) groups excluding carboxylic acids is 1. The molecule has 0 saturated heterocycles. The molecule has 0 aromatic heterocycles. The molecule has 0 unspecified atom stereocenters. The standard InChI is InChI=1S/C8H15O3/c1-5-6-10-7(9)11-8(2,3)4/h1,5-6H2,2-4H3. The van der Waals surface area contributed by atoms with Crippen molar-refractivity contribution >= 4 is 6.16 Å². The zero-order chi connectivity index (χ0) is 8.91. The Kier molecular flexibility index (Phi) is 3.93. The molecule has 0 heterocycles. The molecule has 0 aliphatic rings. The molecule has 0 N–H and O–H groups in total. The molecule has 0 rings (SSSR count). The second kappa shape index (κ2) is 4.21. The summed E-state index contributed by atoms with van der Waals surface area (Å²) >= 11 is 0. The molecular formula is C8H15O3. The van der Waals surface area contributed by atoms with Gasteiger partial charge in [0.1, 0.15) is 5.60 Å². The summed E-state index contributed by atoms with van der Waals surface area (Å²) in [5, 5.41) is 0. The number of hydrogen-bond donors (Lipinski definition) is 0. The van der Waals surface area contributed by atoms with Gasteiger partial charge in [0.2, 0.25) is 0 Å². The smallest absolute Gasteiger partial charge is 0.434 e. The van der Waals surface area contributed by atoms with E-state index in [0.717, 1.165) is 0 Å². The van der Waals surface area contributed by atoms with E-state index in [1.807, 2.05) is 0 Å².